The minimum Gasteiger partial charge on any atom is -0.388 e. The first-order valence-electron chi connectivity index (χ1n) is 6.82. The molecule has 1 amide bonds. The highest BCUT2D eigenvalue weighted by Gasteiger charge is 2.43. The number of halogens is 1. The van der Waals surface area contributed by atoms with Crippen LogP contribution in [-0.2, 0) is 4.74 Å². The zero-order valence-electron chi connectivity index (χ0n) is 11.8. The molecule has 0 unspecified atom stereocenters. The SMILES string of the molecule is CCOC1CC(O)(CNC(=O)c2cc(F)ccc2C)C1. The molecule has 0 atom stereocenters. The van der Waals surface area contributed by atoms with Gasteiger partial charge in [-0.1, -0.05) is 6.07 Å². The lowest BCUT2D eigenvalue weighted by Crippen LogP contribution is -2.55. The van der Waals surface area contributed by atoms with Crippen LogP contribution < -0.4 is 5.32 Å². The average Bonchev–Trinajstić information content (AvgIpc) is 2.37. The van der Waals surface area contributed by atoms with Crippen LogP contribution in [0.5, 0.6) is 0 Å². The summed E-state index contributed by atoms with van der Waals surface area (Å²) in [7, 11) is 0. The van der Waals surface area contributed by atoms with E-state index < -0.39 is 11.4 Å². The van der Waals surface area contributed by atoms with Gasteiger partial charge in [0.1, 0.15) is 5.82 Å². The molecule has 0 spiro atoms. The smallest absolute Gasteiger partial charge is 0.251 e. The summed E-state index contributed by atoms with van der Waals surface area (Å²) in [5.74, 6) is -0.810. The van der Waals surface area contributed by atoms with E-state index in [9.17, 15) is 14.3 Å². The van der Waals surface area contributed by atoms with Gasteiger partial charge in [-0.05, 0) is 31.5 Å². The number of benzene rings is 1. The van der Waals surface area contributed by atoms with Gasteiger partial charge in [-0.25, -0.2) is 4.39 Å². The number of amides is 1. The van der Waals surface area contributed by atoms with Crippen LogP contribution in [-0.4, -0.2) is 35.9 Å². The van der Waals surface area contributed by atoms with Gasteiger partial charge in [-0.3, -0.25) is 4.79 Å². The molecular weight excluding hydrogens is 261 g/mol. The molecule has 1 aliphatic carbocycles. The Kier molecular flexibility index (Phi) is 4.40. The molecule has 0 aromatic heterocycles. The van der Waals surface area contributed by atoms with Crippen LogP contribution in [0.15, 0.2) is 18.2 Å². The van der Waals surface area contributed by atoms with Crippen LogP contribution in [0.2, 0.25) is 0 Å². The van der Waals surface area contributed by atoms with Crippen molar-refractivity contribution in [3.05, 3.63) is 35.1 Å². The number of ether oxygens (including phenoxy) is 1. The van der Waals surface area contributed by atoms with Gasteiger partial charge >= 0.3 is 0 Å². The fourth-order valence-corrected chi connectivity index (χ4v) is 2.46. The van der Waals surface area contributed by atoms with Crippen LogP contribution >= 0.6 is 0 Å². The lowest BCUT2D eigenvalue weighted by Gasteiger charge is -2.43. The molecule has 0 aliphatic heterocycles. The van der Waals surface area contributed by atoms with Gasteiger partial charge in [0.15, 0.2) is 0 Å². The van der Waals surface area contributed by atoms with Crippen molar-refractivity contribution < 1.29 is 19.0 Å². The van der Waals surface area contributed by atoms with Crippen molar-refractivity contribution in [3.63, 3.8) is 0 Å². The van der Waals surface area contributed by atoms with Crippen molar-refractivity contribution in [2.45, 2.75) is 38.4 Å². The van der Waals surface area contributed by atoms with Gasteiger partial charge in [0, 0.05) is 31.6 Å². The Morgan fingerprint density at radius 1 is 1.55 bits per heavy atom. The average molecular weight is 281 g/mol. The van der Waals surface area contributed by atoms with Crippen LogP contribution in [0, 0.1) is 12.7 Å². The van der Waals surface area contributed by atoms with Crippen LogP contribution in [0.3, 0.4) is 0 Å². The highest BCUT2D eigenvalue weighted by Crippen LogP contribution is 2.33. The molecule has 2 N–H and O–H groups in total. The highest BCUT2D eigenvalue weighted by molar-refractivity contribution is 5.95. The van der Waals surface area contributed by atoms with E-state index in [1.807, 2.05) is 6.92 Å². The Morgan fingerprint density at radius 3 is 2.90 bits per heavy atom. The number of carbonyl (C=O) groups is 1. The number of aliphatic hydroxyl groups is 1. The molecule has 20 heavy (non-hydrogen) atoms. The molecule has 0 saturated heterocycles. The van der Waals surface area contributed by atoms with Crippen molar-refractivity contribution in [3.8, 4) is 0 Å². The number of hydrogen-bond acceptors (Lipinski definition) is 3. The summed E-state index contributed by atoms with van der Waals surface area (Å²) < 4.78 is 18.5. The fraction of sp³-hybridized carbons (Fsp3) is 0.533. The Hall–Kier alpha value is -1.46. The maximum Gasteiger partial charge on any atom is 0.251 e. The first kappa shape index (κ1) is 14.9. The van der Waals surface area contributed by atoms with Crippen LogP contribution in [0.1, 0.15) is 35.7 Å². The number of aryl methyl sites for hydroxylation is 1. The Labute approximate surface area is 117 Å². The van der Waals surface area contributed by atoms with Crippen molar-refractivity contribution in [1.82, 2.24) is 5.32 Å². The van der Waals surface area contributed by atoms with E-state index in [-0.39, 0.29) is 18.6 Å². The van der Waals surface area contributed by atoms with Crippen LogP contribution in [0.25, 0.3) is 0 Å². The van der Waals surface area contributed by atoms with Crippen molar-refractivity contribution in [2.24, 2.45) is 0 Å². The molecule has 1 fully saturated rings. The minimum absolute atomic E-state index is 0.0674. The molecule has 0 heterocycles. The highest BCUT2D eigenvalue weighted by atomic mass is 19.1. The zero-order valence-corrected chi connectivity index (χ0v) is 11.8. The third-order valence-electron chi connectivity index (χ3n) is 3.64. The Morgan fingerprint density at radius 2 is 2.25 bits per heavy atom. The van der Waals surface area contributed by atoms with Gasteiger partial charge in [-0.2, -0.15) is 0 Å². The molecule has 0 bridgehead atoms. The van der Waals surface area contributed by atoms with E-state index in [1.54, 1.807) is 13.0 Å². The summed E-state index contributed by atoms with van der Waals surface area (Å²) in [6.07, 6.45) is 1.10. The molecule has 2 rings (SSSR count). The molecule has 1 saturated carbocycles. The molecule has 110 valence electrons. The second kappa shape index (κ2) is 5.89. The lowest BCUT2D eigenvalue weighted by atomic mass is 9.77. The second-order valence-corrected chi connectivity index (χ2v) is 5.35. The number of rotatable bonds is 5. The van der Waals surface area contributed by atoms with E-state index in [0.29, 0.717) is 30.6 Å². The van der Waals surface area contributed by atoms with Gasteiger partial charge in [0.2, 0.25) is 0 Å². The number of hydrogen-bond donors (Lipinski definition) is 2. The minimum atomic E-state index is -0.906. The lowest BCUT2D eigenvalue weighted by molar-refractivity contribution is -0.133. The predicted molar refractivity (Wildman–Crippen MR) is 73.1 cm³/mol. The molecule has 4 nitrogen and oxygen atoms in total. The van der Waals surface area contributed by atoms with Gasteiger partial charge in [0.05, 0.1) is 11.7 Å². The quantitative estimate of drug-likeness (QED) is 0.865. The zero-order chi connectivity index (χ0) is 14.8. The largest absolute Gasteiger partial charge is 0.388 e. The molecule has 1 aromatic rings. The van der Waals surface area contributed by atoms with Gasteiger partial charge in [-0.15, -0.1) is 0 Å². The molecule has 1 aromatic carbocycles. The molecule has 0 radical (unpaired) electrons. The summed E-state index contributed by atoms with van der Waals surface area (Å²) >= 11 is 0. The van der Waals surface area contributed by atoms with E-state index in [4.69, 9.17) is 4.74 Å². The standard InChI is InChI=1S/C15H20FNO3/c1-3-20-12-7-15(19,8-12)9-17-14(18)13-6-11(16)5-4-10(13)2/h4-6,12,19H,3,7-9H2,1-2H3,(H,17,18). The summed E-state index contributed by atoms with van der Waals surface area (Å²) in [6.45, 7) is 4.43. The Balaban J connectivity index is 1.88. The molecule has 1 aliphatic rings. The third-order valence-corrected chi connectivity index (χ3v) is 3.64. The van der Waals surface area contributed by atoms with Crippen molar-refractivity contribution >= 4 is 5.91 Å². The topological polar surface area (TPSA) is 58.6 Å². The van der Waals surface area contributed by atoms with Gasteiger partial charge < -0.3 is 15.2 Å². The maximum atomic E-state index is 13.1. The van der Waals surface area contributed by atoms with Gasteiger partial charge in [0.25, 0.3) is 5.91 Å². The molecular formula is C15H20FNO3. The first-order chi connectivity index (χ1) is 9.43. The van der Waals surface area contributed by atoms with E-state index >= 15 is 0 Å². The second-order valence-electron chi connectivity index (χ2n) is 5.35. The van der Waals surface area contributed by atoms with Crippen molar-refractivity contribution in [1.29, 1.82) is 0 Å². The number of nitrogens with one attached hydrogen (secondary N) is 1. The van der Waals surface area contributed by atoms with Crippen LogP contribution in [0.4, 0.5) is 4.39 Å². The van der Waals surface area contributed by atoms with E-state index in [0.717, 1.165) is 0 Å². The summed E-state index contributed by atoms with van der Waals surface area (Å²) in [5, 5.41) is 12.8. The monoisotopic (exact) mass is 281 g/mol. The fourth-order valence-electron chi connectivity index (χ4n) is 2.46. The normalized spacial score (nSPS) is 25.1. The number of carbonyl (C=O) groups excluding carboxylic acids is 1. The first-order valence-corrected chi connectivity index (χ1v) is 6.82. The van der Waals surface area contributed by atoms with E-state index in [1.165, 1.54) is 12.1 Å². The third kappa shape index (κ3) is 3.35. The maximum absolute atomic E-state index is 13.1. The molecule has 5 heteroatoms. The summed E-state index contributed by atoms with van der Waals surface area (Å²) in [5.41, 5.74) is 0.0995. The Bertz CT molecular complexity index is 498. The van der Waals surface area contributed by atoms with E-state index in [2.05, 4.69) is 5.32 Å². The summed E-state index contributed by atoms with van der Waals surface area (Å²) in [6, 6.07) is 4.09. The predicted octanol–water partition coefficient (Wildman–Crippen LogP) is 1.79. The summed E-state index contributed by atoms with van der Waals surface area (Å²) in [4.78, 5) is 12.0. The van der Waals surface area contributed by atoms with Crippen molar-refractivity contribution in [2.75, 3.05) is 13.2 Å².